The fourth-order valence-corrected chi connectivity index (χ4v) is 5.69. The molecule has 9 nitrogen and oxygen atoms in total. The molecule has 5 heterocycles. The Labute approximate surface area is 245 Å². The number of fused-ring (bicyclic) bond motifs is 1. The van der Waals surface area contributed by atoms with Gasteiger partial charge in [-0.15, -0.1) is 0 Å². The number of pyridine rings is 1. The van der Waals surface area contributed by atoms with Crippen LogP contribution in [-0.4, -0.2) is 51.0 Å². The van der Waals surface area contributed by atoms with Gasteiger partial charge in [0, 0.05) is 30.8 Å². The van der Waals surface area contributed by atoms with Gasteiger partial charge >= 0.3 is 0 Å². The van der Waals surface area contributed by atoms with E-state index in [0.717, 1.165) is 59.4 Å². The molecule has 0 radical (unpaired) electrons. The molecule has 2 aliphatic rings. The Morgan fingerprint density at radius 1 is 1.05 bits per heavy atom. The highest BCUT2D eigenvalue weighted by atomic mass is 35.5. The Morgan fingerprint density at radius 2 is 1.88 bits per heavy atom. The van der Waals surface area contributed by atoms with Gasteiger partial charge in [0.15, 0.2) is 5.82 Å². The van der Waals surface area contributed by atoms with Crippen molar-refractivity contribution in [2.45, 2.75) is 66.2 Å². The first kappa shape index (κ1) is 27.5. The van der Waals surface area contributed by atoms with Crippen molar-refractivity contribution in [2.24, 2.45) is 0 Å². The molecule has 1 N–H and O–H groups in total. The number of aromatic nitrogens is 4. The van der Waals surface area contributed by atoms with Crippen LogP contribution in [0.5, 0.6) is 5.75 Å². The number of hydrogen-bond acceptors (Lipinski definition) is 9. The van der Waals surface area contributed by atoms with Crippen LogP contribution in [0.2, 0.25) is 5.02 Å². The second kappa shape index (κ2) is 11.3. The van der Waals surface area contributed by atoms with Crippen LogP contribution in [0.4, 0.5) is 11.6 Å². The molecule has 1 aromatic carbocycles. The van der Waals surface area contributed by atoms with Crippen molar-refractivity contribution < 1.29 is 14.4 Å². The fraction of sp³-hybridized carbons (Fsp3) is 0.419. The van der Waals surface area contributed by atoms with Gasteiger partial charge in [-0.05, 0) is 63.4 Å². The molecule has 41 heavy (non-hydrogen) atoms. The Bertz CT molecular complexity index is 1570. The van der Waals surface area contributed by atoms with Crippen molar-refractivity contribution in [3.05, 3.63) is 63.6 Å². The summed E-state index contributed by atoms with van der Waals surface area (Å²) in [4.78, 5) is 19.7. The fourth-order valence-electron chi connectivity index (χ4n) is 5.49. The van der Waals surface area contributed by atoms with Gasteiger partial charge in [-0.3, -0.25) is 0 Å². The molecule has 1 atom stereocenters. The molecule has 3 aromatic heterocycles. The summed E-state index contributed by atoms with van der Waals surface area (Å²) in [6, 6.07) is 9.73. The van der Waals surface area contributed by atoms with E-state index in [1.165, 1.54) is 12.0 Å². The Morgan fingerprint density at radius 3 is 2.59 bits per heavy atom. The number of benzene rings is 1. The SMILES string of the molecule is CCC[C@@H](O)COc1ccc(Cl)c(-c2nc(-c3c(C)noc3C)c(C)c(N3Cc4ccc(N5CCC5)nc4C3)n2)c1. The second-order valence-electron chi connectivity index (χ2n) is 10.9. The monoisotopic (exact) mass is 574 g/mol. The van der Waals surface area contributed by atoms with Crippen LogP contribution < -0.4 is 14.5 Å². The molecular formula is C31H35ClN6O3. The molecule has 214 valence electrons. The lowest BCUT2D eigenvalue weighted by atomic mass is 10.0. The summed E-state index contributed by atoms with van der Waals surface area (Å²) < 4.78 is 11.4. The molecular weight excluding hydrogens is 540 g/mol. The minimum absolute atomic E-state index is 0.206. The first-order valence-electron chi connectivity index (χ1n) is 14.2. The maximum absolute atomic E-state index is 10.2. The predicted octanol–water partition coefficient (Wildman–Crippen LogP) is 6.04. The van der Waals surface area contributed by atoms with Crippen molar-refractivity contribution in [2.75, 3.05) is 29.5 Å². The maximum atomic E-state index is 10.2. The molecule has 0 spiro atoms. The first-order valence-corrected chi connectivity index (χ1v) is 14.6. The van der Waals surface area contributed by atoms with Crippen molar-refractivity contribution in [3.8, 4) is 28.4 Å². The van der Waals surface area contributed by atoms with Crippen LogP contribution in [0.25, 0.3) is 22.6 Å². The summed E-state index contributed by atoms with van der Waals surface area (Å²) in [7, 11) is 0. The van der Waals surface area contributed by atoms with Gasteiger partial charge in [0.2, 0.25) is 0 Å². The van der Waals surface area contributed by atoms with E-state index in [2.05, 4.69) is 27.1 Å². The number of hydrogen-bond donors (Lipinski definition) is 1. The molecule has 1 saturated heterocycles. The summed E-state index contributed by atoms with van der Waals surface area (Å²) in [6.07, 6.45) is 2.25. The van der Waals surface area contributed by atoms with Crippen molar-refractivity contribution in [1.29, 1.82) is 0 Å². The Hall–Kier alpha value is -3.69. The third-order valence-corrected chi connectivity index (χ3v) is 8.20. The predicted molar refractivity (Wildman–Crippen MR) is 160 cm³/mol. The molecule has 0 bridgehead atoms. The van der Waals surface area contributed by atoms with Crippen molar-refractivity contribution in [1.82, 2.24) is 20.1 Å². The minimum atomic E-state index is -0.528. The van der Waals surface area contributed by atoms with Crippen LogP contribution in [0.1, 0.15) is 54.5 Å². The normalized spacial score (nSPS) is 15.2. The molecule has 10 heteroatoms. The molecule has 0 amide bonds. The summed E-state index contributed by atoms with van der Waals surface area (Å²) in [5.74, 6) is 3.63. The maximum Gasteiger partial charge on any atom is 0.163 e. The average molecular weight is 575 g/mol. The number of halogens is 1. The summed E-state index contributed by atoms with van der Waals surface area (Å²) in [5.41, 5.74) is 6.24. The van der Waals surface area contributed by atoms with E-state index in [9.17, 15) is 5.11 Å². The number of ether oxygens (including phenoxy) is 1. The summed E-state index contributed by atoms with van der Waals surface area (Å²) in [6.45, 7) is 11.6. The van der Waals surface area contributed by atoms with Gasteiger partial charge in [0.05, 0.1) is 40.3 Å². The van der Waals surface area contributed by atoms with E-state index in [1.54, 1.807) is 12.1 Å². The van der Waals surface area contributed by atoms with Gasteiger partial charge in [0.1, 0.15) is 29.8 Å². The number of aliphatic hydroxyl groups is 1. The average Bonchev–Trinajstić information content (AvgIpc) is 3.49. The van der Waals surface area contributed by atoms with Crippen LogP contribution in [0.15, 0.2) is 34.9 Å². The van der Waals surface area contributed by atoms with E-state index < -0.39 is 6.10 Å². The smallest absolute Gasteiger partial charge is 0.163 e. The van der Waals surface area contributed by atoms with E-state index >= 15 is 0 Å². The van der Waals surface area contributed by atoms with E-state index in [0.29, 0.717) is 47.4 Å². The van der Waals surface area contributed by atoms with E-state index in [-0.39, 0.29) is 6.61 Å². The first-order chi connectivity index (χ1) is 19.8. The number of aliphatic hydroxyl groups excluding tert-OH is 1. The number of anilines is 2. The van der Waals surface area contributed by atoms with Crippen molar-refractivity contribution in [3.63, 3.8) is 0 Å². The highest BCUT2D eigenvalue weighted by Crippen LogP contribution is 2.39. The zero-order chi connectivity index (χ0) is 28.7. The number of rotatable bonds is 9. The lowest BCUT2D eigenvalue weighted by Gasteiger charge is -2.32. The minimum Gasteiger partial charge on any atom is -0.491 e. The number of nitrogens with zero attached hydrogens (tertiary/aromatic N) is 6. The third-order valence-electron chi connectivity index (χ3n) is 7.87. The molecule has 0 saturated carbocycles. The van der Waals surface area contributed by atoms with Gasteiger partial charge in [-0.2, -0.15) is 0 Å². The van der Waals surface area contributed by atoms with Gasteiger partial charge < -0.3 is 24.2 Å². The lowest BCUT2D eigenvalue weighted by Crippen LogP contribution is -2.37. The standard InChI is InChI=1S/C31H35ClN6O3/c1-5-7-22(39)17-40-23-9-10-25(32)24(14-23)30-34-29(28-19(3)36-41-20(28)4)18(2)31(35-30)38-15-21-8-11-27(33-26(21)16-38)37-12-6-13-37/h8-11,14,22,39H,5-7,12-13,15-17H2,1-4H3/t22-/m1/s1. The van der Waals surface area contributed by atoms with E-state index in [4.69, 9.17) is 35.8 Å². The van der Waals surface area contributed by atoms with E-state index in [1.807, 2.05) is 33.8 Å². The van der Waals surface area contributed by atoms with Crippen LogP contribution in [-0.2, 0) is 13.1 Å². The summed E-state index contributed by atoms with van der Waals surface area (Å²) >= 11 is 6.73. The van der Waals surface area contributed by atoms with Gasteiger partial charge in [-0.1, -0.05) is 36.2 Å². The van der Waals surface area contributed by atoms with Crippen LogP contribution in [0.3, 0.4) is 0 Å². The lowest BCUT2D eigenvalue weighted by molar-refractivity contribution is 0.0994. The highest BCUT2D eigenvalue weighted by Gasteiger charge is 2.29. The quantitative estimate of drug-likeness (QED) is 0.256. The molecule has 1 fully saturated rings. The van der Waals surface area contributed by atoms with Crippen LogP contribution in [0, 0.1) is 20.8 Å². The van der Waals surface area contributed by atoms with Gasteiger partial charge in [-0.25, -0.2) is 15.0 Å². The Balaban J connectivity index is 1.40. The van der Waals surface area contributed by atoms with Crippen molar-refractivity contribution >= 4 is 23.2 Å². The largest absolute Gasteiger partial charge is 0.491 e. The molecule has 2 aliphatic heterocycles. The zero-order valence-electron chi connectivity index (χ0n) is 23.9. The summed E-state index contributed by atoms with van der Waals surface area (Å²) in [5, 5.41) is 14.9. The topological polar surface area (TPSA) is 101 Å². The number of aryl methyl sites for hydroxylation is 2. The molecule has 0 unspecified atom stereocenters. The van der Waals surface area contributed by atoms with Crippen LogP contribution >= 0.6 is 11.6 Å². The molecule has 4 aromatic rings. The molecule has 0 aliphatic carbocycles. The zero-order valence-corrected chi connectivity index (χ0v) is 24.7. The molecule has 6 rings (SSSR count). The second-order valence-corrected chi connectivity index (χ2v) is 11.3. The highest BCUT2D eigenvalue weighted by molar-refractivity contribution is 6.33. The van der Waals surface area contributed by atoms with Gasteiger partial charge in [0.25, 0.3) is 0 Å². The Kier molecular flexibility index (Phi) is 7.57. The third kappa shape index (κ3) is 5.36.